The Labute approximate surface area is 267 Å². The molecule has 218 valence electrons. The van der Waals surface area contributed by atoms with Crippen LogP contribution in [0.1, 0.15) is 33.4 Å². The molecule has 0 aliphatic carbocycles. The average molecular weight is 591 g/mol. The van der Waals surface area contributed by atoms with E-state index in [2.05, 4.69) is 140 Å². The first kappa shape index (κ1) is 27.4. The van der Waals surface area contributed by atoms with Crippen LogP contribution in [0, 0.1) is 50.4 Å². The van der Waals surface area contributed by atoms with Gasteiger partial charge in [0.25, 0.3) is 0 Å². The Kier molecular flexibility index (Phi) is 6.11. The van der Waals surface area contributed by atoms with Gasteiger partial charge in [0.1, 0.15) is 0 Å². The van der Waals surface area contributed by atoms with Crippen LogP contribution in [0.3, 0.4) is 0 Å². The molecule has 0 radical (unpaired) electrons. The largest absolute Gasteiger partial charge is 0.308 e. The number of rotatable bonds is 3. The number of benzene rings is 6. The van der Waals surface area contributed by atoms with E-state index in [9.17, 15) is 10.5 Å². The molecule has 6 aromatic carbocycles. The first-order chi connectivity index (χ1) is 22.4. The average Bonchev–Trinajstić information content (AvgIpc) is 3.56. The molecule has 8 aromatic rings. The minimum absolute atomic E-state index is 0.517. The van der Waals surface area contributed by atoms with Crippen molar-refractivity contribution >= 4 is 43.6 Å². The first-order valence-electron chi connectivity index (χ1n) is 15.5. The number of nitriles is 2. The zero-order chi connectivity index (χ0) is 31.7. The molecule has 0 saturated carbocycles. The van der Waals surface area contributed by atoms with E-state index in [1.54, 1.807) is 12.1 Å². The van der Waals surface area contributed by atoms with Crippen molar-refractivity contribution in [3.05, 3.63) is 143 Å². The van der Waals surface area contributed by atoms with Gasteiger partial charge in [-0.2, -0.15) is 10.5 Å². The van der Waals surface area contributed by atoms with Crippen LogP contribution in [0.4, 0.5) is 0 Å². The zero-order valence-electron chi connectivity index (χ0n) is 26.2. The van der Waals surface area contributed by atoms with Crippen molar-refractivity contribution in [1.82, 2.24) is 9.13 Å². The number of fused-ring (bicyclic) bond motifs is 6. The molecule has 0 spiro atoms. The molecule has 8 rings (SSSR count). The molecule has 4 heteroatoms. The van der Waals surface area contributed by atoms with Crippen LogP contribution in [-0.2, 0) is 0 Å². The minimum Gasteiger partial charge on any atom is -0.308 e. The highest BCUT2D eigenvalue weighted by Crippen LogP contribution is 2.48. The van der Waals surface area contributed by atoms with Gasteiger partial charge in [0.2, 0.25) is 0 Å². The van der Waals surface area contributed by atoms with E-state index in [1.807, 2.05) is 6.07 Å². The van der Waals surface area contributed by atoms with E-state index in [4.69, 9.17) is 0 Å². The number of hydrogen-bond acceptors (Lipinski definition) is 2. The van der Waals surface area contributed by atoms with Gasteiger partial charge >= 0.3 is 0 Å². The quantitative estimate of drug-likeness (QED) is 0.206. The maximum absolute atomic E-state index is 10.6. The topological polar surface area (TPSA) is 57.4 Å². The number of para-hydroxylation sites is 4. The van der Waals surface area contributed by atoms with Gasteiger partial charge in [-0.25, -0.2) is 0 Å². The van der Waals surface area contributed by atoms with Gasteiger partial charge < -0.3 is 9.13 Å². The predicted octanol–water partition coefficient (Wildman–Crippen LogP) is 10.5. The third-order valence-electron chi connectivity index (χ3n) is 9.45. The smallest absolute Gasteiger partial charge is 0.0998 e. The number of aromatic nitrogens is 2. The normalized spacial score (nSPS) is 11.4. The van der Waals surface area contributed by atoms with Crippen LogP contribution in [0.2, 0.25) is 0 Å². The molecular weight excluding hydrogens is 560 g/mol. The summed E-state index contributed by atoms with van der Waals surface area (Å²) >= 11 is 0. The molecule has 0 unspecified atom stereocenters. The van der Waals surface area contributed by atoms with E-state index < -0.39 is 0 Å². The van der Waals surface area contributed by atoms with Crippen molar-refractivity contribution in [2.45, 2.75) is 27.7 Å². The van der Waals surface area contributed by atoms with Crippen LogP contribution >= 0.6 is 0 Å². The third-order valence-corrected chi connectivity index (χ3v) is 9.45. The molecule has 0 aliphatic rings. The predicted molar refractivity (Wildman–Crippen MR) is 189 cm³/mol. The monoisotopic (exact) mass is 590 g/mol. The molecule has 0 N–H and O–H groups in total. The number of hydrogen-bond donors (Lipinski definition) is 0. The van der Waals surface area contributed by atoms with E-state index >= 15 is 0 Å². The highest BCUT2D eigenvalue weighted by Gasteiger charge is 2.27. The number of nitrogens with zero attached hydrogens (tertiary/aromatic N) is 4. The summed E-state index contributed by atoms with van der Waals surface area (Å²) in [6, 6.07) is 42.5. The SMILES string of the molecule is Cc1cccc(C)c1-n1c2ccccc2c2cc3c4ccccc4n(-c4c(C)cccc4C)c3c(-c3cc(C#N)ccc3C#N)c21. The van der Waals surface area contributed by atoms with Gasteiger partial charge in [-0.1, -0.05) is 72.8 Å². The Balaban J connectivity index is 1.77. The maximum atomic E-state index is 10.6. The Morgan fingerprint density at radius 3 is 1.41 bits per heavy atom. The summed E-state index contributed by atoms with van der Waals surface area (Å²) in [5.74, 6) is 0. The maximum Gasteiger partial charge on any atom is 0.0998 e. The van der Waals surface area contributed by atoms with Gasteiger partial charge in [0.15, 0.2) is 0 Å². The van der Waals surface area contributed by atoms with E-state index in [0.717, 1.165) is 88.4 Å². The third kappa shape index (κ3) is 3.78. The van der Waals surface area contributed by atoms with Gasteiger partial charge in [-0.15, -0.1) is 0 Å². The van der Waals surface area contributed by atoms with Crippen LogP contribution in [0.25, 0.3) is 66.1 Å². The fourth-order valence-electron chi connectivity index (χ4n) is 7.53. The summed E-state index contributed by atoms with van der Waals surface area (Å²) in [5, 5.41) is 25.2. The highest BCUT2D eigenvalue weighted by atomic mass is 15.0. The lowest BCUT2D eigenvalue weighted by Crippen LogP contribution is -2.04. The standard InChI is InChI=1S/C42H30N4/c1-25-11-9-12-26(2)39(25)45-36-17-7-5-15-31(36)34-22-35-32-16-6-8-18-37(32)46(40-27(3)13-10-14-28(40)4)42(35)38(41(34)45)33-21-29(23-43)19-20-30(33)24-44/h5-22H,1-4H3. The Bertz CT molecular complexity index is 2470. The second-order valence-corrected chi connectivity index (χ2v) is 12.2. The van der Waals surface area contributed by atoms with Crippen molar-refractivity contribution in [2.24, 2.45) is 0 Å². The molecule has 0 aliphatic heterocycles. The second kappa shape index (κ2) is 10.2. The molecule has 0 saturated heterocycles. The van der Waals surface area contributed by atoms with Gasteiger partial charge in [-0.05, 0) is 86.3 Å². The van der Waals surface area contributed by atoms with Crippen molar-refractivity contribution < 1.29 is 0 Å². The lowest BCUT2D eigenvalue weighted by Gasteiger charge is -2.20. The molecule has 0 amide bonds. The molecular formula is C42H30N4. The Morgan fingerprint density at radius 2 is 0.957 bits per heavy atom. The zero-order valence-corrected chi connectivity index (χ0v) is 26.2. The van der Waals surface area contributed by atoms with E-state index in [1.165, 1.54) is 0 Å². The van der Waals surface area contributed by atoms with Crippen molar-refractivity contribution in [3.8, 4) is 34.6 Å². The molecule has 2 aromatic heterocycles. The second-order valence-electron chi connectivity index (χ2n) is 12.2. The van der Waals surface area contributed by atoms with Crippen molar-refractivity contribution in [2.75, 3.05) is 0 Å². The molecule has 0 atom stereocenters. The minimum atomic E-state index is 0.517. The van der Waals surface area contributed by atoms with Crippen LogP contribution in [0.15, 0.2) is 109 Å². The summed E-state index contributed by atoms with van der Waals surface area (Å²) in [6.07, 6.45) is 0. The molecule has 46 heavy (non-hydrogen) atoms. The Hall–Kier alpha value is -6.10. The summed E-state index contributed by atoms with van der Waals surface area (Å²) in [6.45, 7) is 8.63. The van der Waals surface area contributed by atoms with Crippen molar-refractivity contribution in [3.63, 3.8) is 0 Å². The van der Waals surface area contributed by atoms with E-state index in [-0.39, 0.29) is 0 Å². The molecule has 0 bridgehead atoms. The molecule has 0 fully saturated rings. The summed E-state index contributed by atoms with van der Waals surface area (Å²) in [7, 11) is 0. The van der Waals surface area contributed by atoms with Gasteiger partial charge in [0, 0.05) is 32.7 Å². The summed E-state index contributed by atoms with van der Waals surface area (Å²) in [5.41, 5.74) is 13.9. The van der Waals surface area contributed by atoms with Gasteiger partial charge in [0.05, 0.1) is 56.7 Å². The first-order valence-corrected chi connectivity index (χ1v) is 15.5. The lowest BCUT2D eigenvalue weighted by atomic mass is 9.93. The van der Waals surface area contributed by atoms with E-state index in [0.29, 0.717) is 11.1 Å². The van der Waals surface area contributed by atoms with Gasteiger partial charge in [-0.3, -0.25) is 0 Å². The van der Waals surface area contributed by atoms with Crippen molar-refractivity contribution in [1.29, 1.82) is 10.5 Å². The van der Waals surface area contributed by atoms with Crippen LogP contribution in [-0.4, -0.2) is 9.13 Å². The molecule has 2 heterocycles. The fraction of sp³-hybridized carbons (Fsp3) is 0.0952. The summed E-state index contributed by atoms with van der Waals surface area (Å²) < 4.78 is 4.77. The lowest BCUT2D eigenvalue weighted by molar-refractivity contribution is 1.11. The van der Waals surface area contributed by atoms with Crippen LogP contribution < -0.4 is 0 Å². The number of aryl methyl sites for hydroxylation is 4. The summed E-state index contributed by atoms with van der Waals surface area (Å²) in [4.78, 5) is 0. The van der Waals surface area contributed by atoms with Crippen LogP contribution in [0.5, 0.6) is 0 Å². The fourth-order valence-corrected chi connectivity index (χ4v) is 7.53. The molecule has 4 nitrogen and oxygen atoms in total. The Morgan fingerprint density at radius 1 is 0.478 bits per heavy atom. The highest BCUT2D eigenvalue weighted by molar-refractivity contribution is 6.26.